The van der Waals surface area contributed by atoms with Gasteiger partial charge in [0.1, 0.15) is 12.3 Å². The van der Waals surface area contributed by atoms with Crippen LogP contribution in [-0.4, -0.2) is 63.0 Å². The molecule has 0 radical (unpaired) electrons. The van der Waals surface area contributed by atoms with E-state index in [9.17, 15) is 28.5 Å². The van der Waals surface area contributed by atoms with Crippen molar-refractivity contribution in [1.29, 1.82) is 0 Å². The number of hydrogen-bond donors (Lipinski definition) is 6. The molecule has 168 valence electrons. The summed E-state index contributed by atoms with van der Waals surface area (Å²) in [7, 11) is -16.5. The van der Waals surface area contributed by atoms with Crippen LogP contribution < -0.4 is 5.56 Å². The van der Waals surface area contributed by atoms with Crippen LogP contribution >= 0.6 is 23.5 Å². The van der Waals surface area contributed by atoms with Gasteiger partial charge in [-0.25, -0.2) is 23.7 Å². The third-order valence-corrected chi connectivity index (χ3v) is 7.50. The normalized spacial score (nSPS) is 26.5. The topological polar surface area (TPSA) is 253 Å². The Bertz CT molecular complexity index is 1130. The Morgan fingerprint density at radius 3 is 2.53 bits per heavy atom. The summed E-state index contributed by atoms with van der Waals surface area (Å²) in [5.74, 6) is 0. The van der Waals surface area contributed by atoms with Gasteiger partial charge >= 0.3 is 23.5 Å². The molecule has 17 nitrogen and oxygen atoms in total. The fourth-order valence-corrected chi connectivity index (χ4v) is 5.61. The van der Waals surface area contributed by atoms with Crippen LogP contribution in [0.5, 0.6) is 0 Å². The van der Waals surface area contributed by atoms with Crippen molar-refractivity contribution >= 4 is 34.6 Å². The number of rotatable bonds is 8. The Labute approximate surface area is 165 Å². The first-order valence-corrected chi connectivity index (χ1v) is 12.3. The van der Waals surface area contributed by atoms with Gasteiger partial charge in [0.05, 0.1) is 25.4 Å². The first-order chi connectivity index (χ1) is 13.8. The average molecular weight is 492 g/mol. The van der Waals surface area contributed by atoms with Crippen LogP contribution in [0.15, 0.2) is 17.4 Å². The minimum atomic E-state index is -5.65. The summed E-state index contributed by atoms with van der Waals surface area (Å²) in [5.41, 5.74) is -0.321. The maximum atomic E-state index is 11.7. The summed E-state index contributed by atoms with van der Waals surface area (Å²) < 4.78 is 52.1. The second-order valence-corrected chi connectivity index (χ2v) is 10.3. The van der Waals surface area contributed by atoms with Crippen LogP contribution in [0.1, 0.15) is 12.6 Å². The molecule has 3 heterocycles. The molecule has 0 bridgehead atoms. The molecular formula is C10H15N4O13P3. The van der Waals surface area contributed by atoms with Crippen molar-refractivity contribution in [3.05, 3.63) is 23.0 Å². The Kier molecular flexibility index (Phi) is 6.47. The molecule has 3 rings (SSSR count). The quantitative estimate of drug-likeness (QED) is 0.244. The molecule has 0 aliphatic carbocycles. The van der Waals surface area contributed by atoms with Gasteiger partial charge in [0.2, 0.25) is 0 Å². The van der Waals surface area contributed by atoms with Gasteiger partial charge in [0, 0.05) is 6.42 Å². The largest absolute Gasteiger partial charge is 0.490 e. The monoisotopic (exact) mass is 492 g/mol. The van der Waals surface area contributed by atoms with Crippen molar-refractivity contribution in [2.45, 2.75) is 24.9 Å². The number of hydrogen-bond acceptors (Lipinski definition) is 11. The molecule has 1 aliphatic rings. The summed E-state index contributed by atoms with van der Waals surface area (Å²) >= 11 is 0. The number of aliphatic hydroxyl groups is 1. The Morgan fingerprint density at radius 2 is 1.87 bits per heavy atom. The molecular weight excluding hydrogens is 477 g/mol. The lowest BCUT2D eigenvalue weighted by Gasteiger charge is -2.19. The number of nitrogens with zero attached hydrogens (tertiary/aromatic N) is 3. The van der Waals surface area contributed by atoms with Gasteiger partial charge in [0.15, 0.2) is 11.2 Å². The Morgan fingerprint density at radius 1 is 1.17 bits per heavy atom. The van der Waals surface area contributed by atoms with Gasteiger partial charge in [-0.3, -0.25) is 13.9 Å². The van der Waals surface area contributed by atoms with Crippen LogP contribution in [-0.2, 0) is 31.6 Å². The average Bonchev–Trinajstić information content (AvgIpc) is 3.14. The number of imidazole rings is 1. The van der Waals surface area contributed by atoms with E-state index in [4.69, 9.17) is 19.4 Å². The van der Waals surface area contributed by atoms with E-state index in [1.165, 1.54) is 10.9 Å². The molecule has 1 saturated heterocycles. The number of aromatic amines is 1. The number of phosphoric acid groups is 3. The highest BCUT2D eigenvalue weighted by atomic mass is 31.3. The van der Waals surface area contributed by atoms with Crippen molar-refractivity contribution in [3.8, 4) is 0 Å². The van der Waals surface area contributed by atoms with E-state index in [-0.39, 0.29) is 17.6 Å². The second-order valence-electron chi connectivity index (χ2n) is 5.87. The number of aliphatic hydroxyl groups excluding tert-OH is 1. The first-order valence-electron chi connectivity index (χ1n) is 7.78. The number of aromatic nitrogens is 4. The first kappa shape index (κ1) is 23.3. The summed E-state index contributed by atoms with van der Waals surface area (Å²) in [4.78, 5) is 57.4. The summed E-state index contributed by atoms with van der Waals surface area (Å²) in [6.07, 6.45) is -1.00. The van der Waals surface area contributed by atoms with Crippen molar-refractivity contribution in [1.82, 2.24) is 19.5 Å². The highest BCUT2D eigenvalue weighted by Gasteiger charge is 2.43. The van der Waals surface area contributed by atoms with Crippen LogP contribution in [0, 0.1) is 0 Å². The molecule has 0 amide bonds. The van der Waals surface area contributed by atoms with E-state index < -0.39 is 54.1 Å². The third kappa shape index (κ3) is 5.68. The minimum Gasteiger partial charge on any atom is -0.390 e. The van der Waals surface area contributed by atoms with Gasteiger partial charge in [0.25, 0.3) is 5.56 Å². The predicted octanol–water partition coefficient (Wildman–Crippen LogP) is -0.889. The molecule has 1 fully saturated rings. The summed E-state index contributed by atoms with van der Waals surface area (Å²) in [5, 5.41) is 10.1. The molecule has 30 heavy (non-hydrogen) atoms. The SMILES string of the molecule is O=c1[nH]cnc2c1ncn2[C@H]1C[C@@H](O)[C@@H](COP(=O)(O)OP(=O)(O)OP(=O)(O)O)O1. The molecule has 20 heteroatoms. The molecule has 0 aromatic carbocycles. The van der Waals surface area contributed by atoms with Crippen LogP contribution in [0.25, 0.3) is 11.2 Å². The molecule has 2 aromatic heterocycles. The van der Waals surface area contributed by atoms with Gasteiger partial charge in [-0.05, 0) is 0 Å². The molecule has 2 unspecified atom stereocenters. The number of H-pyrrole nitrogens is 1. The predicted molar refractivity (Wildman–Crippen MR) is 92.5 cm³/mol. The van der Waals surface area contributed by atoms with Crippen molar-refractivity contribution in [2.24, 2.45) is 0 Å². The number of phosphoric ester groups is 1. The van der Waals surface area contributed by atoms with Crippen LogP contribution in [0.3, 0.4) is 0 Å². The number of ether oxygens (including phenoxy) is 1. The zero-order chi connectivity index (χ0) is 22.3. The van der Waals surface area contributed by atoms with Gasteiger partial charge in [-0.2, -0.15) is 8.62 Å². The van der Waals surface area contributed by atoms with E-state index in [0.717, 1.165) is 6.33 Å². The van der Waals surface area contributed by atoms with Crippen molar-refractivity contribution < 1.29 is 56.3 Å². The smallest absolute Gasteiger partial charge is 0.390 e. The minimum absolute atomic E-state index is 0.0207. The van der Waals surface area contributed by atoms with Crippen LogP contribution in [0.4, 0.5) is 0 Å². The Balaban J connectivity index is 1.64. The van der Waals surface area contributed by atoms with E-state index in [0.29, 0.717) is 0 Å². The lowest BCUT2D eigenvalue weighted by Crippen LogP contribution is -2.26. The van der Waals surface area contributed by atoms with E-state index >= 15 is 0 Å². The molecule has 1 aliphatic heterocycles. The van der Waals surface area contributed by atoms with Gasteiger partial charge in [-0.1, -0.05) is 0 Å². The highest BCUT2D eigenvalue weighted by molar-refractivity contribution is 7.66. The Hall–Kier alpha value is -1.32. The zero-order valence-electron chi connectivity index (χ0n) is 14.5. The summed E-state index contributed by atoms with van der Waals surface area (Å²) in [6, 6.07) is 0. The fraction of sp³-hybridized carbons (Fsp3) is 0.500. The van der Waals surface area contributed by atoms with E-state index in [2.05, 4.69) is 28.1 Å². The van der Waals surface area contributed by atoms with Crippen molar-refractivity contribution in [2.75, 3.05) is 6.61 Å². The summed E-state index contributed by atoms with van der Waals surface area (Å²) in [6.45, 7) is -0.817. The lowest BCUT2D eigenvalue weighted by atomic mass is 10.2. The van der Waals surface area contributed by atoms with Gasteiger partial charge < -0.3 is 34.4 Å². The molecule has 0 saturated carbocycles. The van der Waals surface area contributed by atoms with E-state index in [1.807, 2.05) is 0 Å². The second kappa shape index (κ2) is 8.31. The molecule has 2 aromatic rings. The fourth-order valence-electron chi connectivity index (χ4n) is 2.58. The maximum absolute atomic E-state index is 11.7. The standard InChI is InChI=1S/C10H15N4O13P3/c15-5-1-7(14-4-13-8-9(14)11-3-12-10(8)16)25-6(5)2-24-29(20,21)27-30(22,23)26-28(17,18)19/h3-7,15H,1-2H2,(H,20,21)(H,22,23)(H,11,12,16)(H2,17,18,19)/t5-,6-,7-/m1/s1. The number of fused-ring (bicyclic) bond motifs is 1. The third-order valence-electron chi connectivity index (χ3n) is 3.70. The molecule has 0 spiro atoms. The maximum Gasteiger partial charge on any atom is 0.490 e. The zero-order valence-corrected chi connectivity index (χ0v) is 17.2. The number of nitrogens with one attached hydrogen (secondary N) is 1. The van der Waals surface area contributed by atoms with E-state index in [1.54, 1.807) is 0 Å². The van der Waals surface area contributed by atoms with Crippen molar-refractivity contribution in [3.63, 3.8) is 0 Å². The molecule has 6 N–H and O–H groups in total. The highest BCUT2D eigenvalue weighted by Crippen LogP contribution is 2.66. The lowest BCUT2D eigenvalue weighted by molar-refractivity contribution is -0.0423. The van der Waals surface area contributed by atoms with Crippen LogP contribution in [0.2, 0.25) is 0 Å². The van der Waals surface area contributed by atoms with Gasteiger partial charge in [-0.15, -0.1) is 0 Å². The molecule has 5 atom stereocenters.